The molecule has 1 atom stereocenters. The maximum absolute atomic E-state index is 14.1. The number of nitrogens with one attached hydrogen (secondary N) is 1. The summed E-state index contributed by atoms with van der Waals surface area (Å²) in [5.41, 5.74) is 1.68. The van der Waals surface area contributed by atoms with Gasteiger partial charge < -0.3 is 10.2 Å². The fraction of sp³-hybridized carbons (Fsp3) is 0.310. The number of sulfonamides is 1. The van der Waals surface area contributed by atoms with Crippen molar-refractivity contribution in [3.05, 3.63) is 92.9 Å². The Labute approximate surface area is 251 Å². The molecule has 0 saturated heterocycles. The summed E-state index contributed by atoms with van der Waals surface area (Å²) >= 11 is 18.9. The predicted molar refractivity (Wildman–Crippen MR) is 162 cm³/mol. The number of benzene rings is 3. The first-order valence-corrected chi connectivity index (χ1v) is 15.4. The van der Waals surface area contributed by atoms with Crippen molar-refractivity contribution in [2.24, 2.45) is 0 Å². The van der Waals surface area contributed by atoms with E-state index in [0.29, 0.717) is 39.3 Å². The fourth-order valence-electron chi connectivity index (χ4n) is 4.11. The van der Waals surface area contributed by atoms with Gasteiger partial charge in [-0.1, -0.05) is 72.4 Å². The van der Waals surface area contributed by atoms with Gasteiger partial charge in [-0.15, -0.1) is 0 Å². The molecule has 0 aliphatic heterocycles. The highest BCUT2D eigenvalue weighted by Crippen LogP contribution is 2.29. The second-order valence-corrected chi connectivity index (χ2v) is 12.4. The minimum atomic E-state index is -4.19. The monoisotopic (exact) mass is 623 g/mol. The van der Waals surface area contributed by atoms with Gasteiger partial charge in [-0.05, 0) is 68.3 Å². The van der Waals surface area contributed by atoms with E-state index in [1.807, 2.05) is 13.8 Å². The lowest BCUT2D eigenvalue weighted by Crippen LogP contribution is -2.52. The molecule has 0 aromatic heterocycles. The summed E-state index contributed by atoms with van der Waals surface area (Å²) in [6.07, 6.45) is 1.00. The summed E-state index contributed by atoms with van der Waals surface area (Å²) in [6, 6.07) is 16.6. The summed E-state index contributed by atoms with van der Waals surface area (Å²) in [5, 5.41) is 3.88. The minimum Gasteiger partial charge on any atom is -0.354 e. The van der Waals surface area contributed by atoms with E-state index < -0.39 is 28.5 Å². The normalized spacial score (nSPS) is 12.1. The number of aryl methyl sites for hydroxylation is 1. The SMILES string of the molecule is CCCNC(=O)[C@@H](CC)N(Cc1c(Cl)cccc1Cl)C(=O)CN(c1ccc(C)cc1)S(=O)(=O)c1ccc(Cl)cc1. The van der Waals surface area contributed by atoms with Gasteiger partial charge in [0.25, 0.3) is 10.0 Å². The largest absolute Gasteiger partial charge is 0.354 e. The van der Waals surface area contributed by atoms with Gasteiger partial charge in [0.2, 0.25) is 11.8 Å². The fourth-order valence-corrected chi connectivity index (χ4v) is 6.17. The lowest BCUT2D eigenvalue weighted by atomic mass is 10.1. The molecule has 3 rings (SSSR count). The van der Waals surface area contributed by atoms with Crippen molar-refractivity contribution < 1.29 is 18.0 Å². The zero-order chi connectivity index (χ0) is 29.4. The summed E-state index contributed by atoms with van der Waals surface area (Å²) < 4.78 is 28.8. The Balaban J connectivity index is 2.08. The third kappa shape index (κ3) is 7.69. The van der Waals surface area contributed by atoms with E-state index in [9.17, 15) is 18.0 Å². The number of carbonyl (C=O) groups excluding carboxylic acids is 2. The van der Waals surface area contributed by atoms with Crippen LogP contribution in [0.25, 0.3) is 0 Å². The highest BCUT2D eigenvalue weighted by Gasteiger charge is 2.34. The molecule has 11 heteroatoms. The average Bonchev–Trinajstić information content (AvgIpc) is 2.92. The van der Waals surface area contributed by atoms with Gasteiger partial charge in [-0.2, -0.15) is 0 Å². The summed E-state index contributed by atoms with van der Waals surface area (Å²) in [5.74, 6) is -0.934. The van der Waals surface area contributed by atoms with E-state index in [1.165, 1.54) is 29.2 Å². The quantitative estimate of drug-likeness (QED) is 0.250. The van der Waals surface area contributed by atoms with Crippen LogP contribution in [0.4, 0.5) is 5.69 Å². The molecule has 40 heavy (non-hydrogen) atoms. The van der Waals surface area contributed by atoms with Crippen LogP contribution in [0.3, 0.4) is 0 Å². The van der Waals surface area contributed by atoms with Crippen molar-refractivity contribution in [3.8, 4) is 0 Å². The van der Waals surface area contributed by atoms with Gasteiger partial charge >= 0.3 is 0 Å². The lowest BCUT2D eigenvalue weighted by molar-refractivity contribution is -0.140. The molecule has 0 aliphatic carbocycles. The van der Waals surface area contributed by atoms with Gasteiger partial charge in [0.1, 0.15) is 12.6 Å². The third-order valence-electron chi connectivity index (χ3n) is 6.33. The molecule has 0 aliphatic rings. The Morgan fingerprint density at radius 3 is 2.05 bits per heavy atom. The molecule has 0 radical (unpaired) electrons. The second kappa shape index (κ2) is 14.2. The first-order valence-electron chi connectivity index (χ1n) is 12.8. The third-order valence-corrected chi connectivity index (χ3v) is 9.08. The van der Waals surface area contributed by atoms with Crippen LogP contribution < -0.4 is 9.62 Å². The van der Waals surface area contributed by atoms with Crippen molar-refractivity contribution in [1.82, 2.24) is 10.2 Å². The zero-order valence-electron chi connectivity index (χ0n) is 22.5. The number of nitrogens with zero attached hydrogens (tertiary/aromatic N) is 2. The first-order chi connectivity index (χ1) is 19.0. The van der Waals surface area contributed by atoms with E-state index in [4.69, 9.17) is 34.8 Å². The Hall–Kier alpha value is -2.78. The Bertz CT molecular complexity index is 1410. The molecule has 0 fully saturated rings. The topological polar surface area (TPSA) is 86.8 Å². The maximum Gasteiger partial charge on any atom is 0.264 e. The molecule has 214 valence electrons. The summed E-state index contributed by atoms with van der Waals surface area (Å²) in [4.78, 5) is 28.5. The van der Waals surface area contributed by atoms with Crippen molar-refractivity contribution in [2.75, 3.05) is 17.4 Å². The van der Waals surface area contributed by atoms with Crippen LogP contribution in [0.1, 0.15) is 37.8 Å². The summed E-state index contributed by atoms with van der Waals surface area (Å²) in [7, 11) is -4.19. The molecular formula is C29H32Cl3N3O4S. The minimum absolute atomic E-state index is 0.0290. The number of halogens is 3. The Morgan fingerprint density at radius 2 is 1.50 bits per heavy atom. The van der Waals surface area contributed by atoms with E-state index in [2.05, 4.69) is 5.32 Å². The lowest BCUT2D eigenvalue weighted by Gasteiger charge is -2.33. The molecule has 0 saturated carbocycles. The van der Waals surface area contributed by atoms with Crippen molar-refractivity contribution in [2.45, 2.75) is 51.1 Å². The Morgan fingerprint density at radius 1 is 0.900 bits per heavy atom. The van der Waals surface area contributed by atoms with Crippen LogP contribution in [-0.2, 0) is 26.2 Å². The number of carbonyl (C=O) groups is 2. The van der Waals surface area contributed by atoms with Crippen LogP contribution in [0.15, 0.2) is 71.6 Å². The van der Waals surface area contributed by atoms with E-state index in [0.717, 1.165) is 9.87 Å². The molecule has 3 aromatic carbocycles. The predicted octanol–water partition coefficient (Wildman–Crippen LogP) is 6.48. The van der Waals surface area contributed by atoms with Crippen LogP contribution in [0, 0.1) is 6.92 Å². The maximum atomic E-state index is 14.1. The van der Waals surface area contributed by atoms with E-state index in [-0.39, 0.29) is 23.8 Å². The number of anilines is 1. The second-order valence-electron chi connectivity index (χ2n) is 9.24. The van der Waals surface area contributed by atoms with Crippen LogP contribution in [0.2, 0.25) is 15.1 Å². The van der Waals surface area contributed by atoms with Crippen LogP contribution >= 0.6 is 34.8 Å². The van der Waals surface area contributed by atoms with Gasteiger partial charge in [-0.3, -0.25) is 13.9 Å². The number of hydrogen-bond acceptors (Lipinski definition) is 4. The molecule has 0 heterocycles. The van der Waals surface area contributed by atoms with Crippen LogP contribution in [0.5, 0.6) is 0 Å². The molecular weight excluding hydrogens is 593 g/mol. The van der Waals surface area contributed by atoms with Crippen molar-refractivity contribution in [3.63, 3.8) is 0 Å². The molecule has 2 amide bonds. The van der Waals surface area contributed by atoms with Crippen LogP contribution in [-0.4, -0.2) is 44.3 Å². The average molecular weight is 625 g/mol. The highest BCUT2D eigenvalue weighted by atomic mass is 35.5. The molecule has 0 unspecified atom stereocenters. The van der Waals surface area contributed by atoms with Gasteiger partial charge in [0.05, 0.1) is 10.6 Å². The molecule has 3 aromatic rings. The number of hydrogen-bond donors (Lipinski definition) is 1. The van der Waals surface area contributed by atoms with E-state index >= 15 is 0 Å². The molecule has 0 spiro atoms. The van der Waals surface area contributed by atoms with Crippen molar-refractivity contribution >= 4 is 62.3 Å². The molecule has 0 bridgehead atoms. The Kier molecular flexibility index (Phi) is 11.3. The zero-order valence-corrected chi connectivity index (χ0v) is 25.6. The van der Waals surface area contributed by atoms with Gasteiger partial charge in [0, 0.05) is 33.7 Å². The highest BCUT2D eigenvalue weighted by molar-refractivity contribution is 7.92. The number of amides is 2. The first kappa shape index (κ1) is 31.7. The standard InChI is InChI=1S/C29H32Cl3N3O4S/c1-4-17-33-29(37)27(5-2)34(18-24-25(31)7-6-8-26(24)32)28(36)19-35(22-13-9-20(3)10-14-22)40(38,39)23-15-11-21(30)12-16-23/h6-16,27H,4-5,17-19H2,1-3H3,(H,33,37)/t27-/m1/s1. The molecule has 1 N–H and O–H groups in total. The van der Waals surface area contributed by atoms with Gasteiger partial charge in [-0.25, -0.2) is 8.42 Å². The molecule has 7 nitrogen and oxygen atoms in total. The van der Waals surface area contributed by atoms with E-state index in [1.54, 1.807) is 49.4 Å². The number of rotatable bonds is 12. The van der Waals surface area contributed by atoms with Gasteiger partial charge in [0.15, 0.2) is 0 Å². The smallest absolute Gasteiger partial charge is 0.264 e. The van der Waals surface area contributed by atoms with Crippen molar-refractivity contribution in [1.29, 1.82) is 0 Å². The summed E-state index contributed by atoms with van der Waals surface area (Å²) in [6.45, 7) is 5.38.